The molecule has 1 aromatic heterocycles. The first-order chi connectivity index (χ1) is 16.9. The monoisotopic (exact) mass is 485 g/mol. The van der Waals surface area contributed by atoms with Crippen LogP contribution in [0.1, 0.15) is 26.4 Å². The summed E-state index contributed by atoms with van der Waals surface area (Å²) in [6, 6.07) is 24.1. The highest BCUT2D eigenvalue weighted by Gasteiger charge is 2.23. The van der Waals surface area contributed by atoms with E-state index in [0.717, 1.165) is 32.5 Å². The number of nitrogens with zero attached hydrogens (tertiary/aromatic N) is 1. The van der Waals surface area contributed by atoms with Gasteiger partial charge in [-0.2, -0.15) is 0 Å². The van der Waals surface area contributed by atoms with E-state index in [1.54, 1.807) is 29.5 Å². The minimum Gasteiger partial charge on any atom is -0.467 e. The number of benzene rings is 3. The summed E-state index contributed by atoms with van der Waals surface area (Å²) in [6.45, 7) is 4.10. The Kier molecular flexibility index (Phi) is 7.57. The molecule has 0 aliphatic rings. The van der Waals surface area contributed by atoms with Crippen LogP contribution in [0.3, 0.4) is 0 Å². The predicted octanol–water partition coefficient (Wildman–Crippen LogP) is 5.68. The molecule has 3 aromatic carbocycles. The van der Waals surface area contributed by atoms with Gasteiger partial charge in [0.25, 0.3) is 5.91 Å². The van der Waals surface area contributed by atoms with Gasteiger partial charge in [-0.25, -0.2) is 9.78 Å². The Labute approximate surface area is 209 Å². The number of esters is 1. The van der Waals surface area contributed by atoms with Gasteiger partial charge in [0.05, 0.1) is 12.8 Å². The Morgan fingerprint density at radius 1 is 0.971 bits per heavy atom. The van der Waals surface area contributed by atoms with Crippen LogP contribution in [0, 0.1) is 13.8 Å². The van der Waals surface area contributed by atoms with Crippen molar-refractivity contribution in [3.05, 3.63) is 100 Å². The molecule has 4 rings (SSSR count). The van der Waals surface area contributed by atoms with Gasteiger partial charge in [-0.1, -0.05) is 66.2 Å². The molecular formula is C28H27N3O3S. The minimum atomic E-state index is -0.787. The maximum absolute atomic E-state index is 13.0. The van der Waals surface area contributed by atoms with Gasteiger partial charge in [0.15, 0.2) is 5.13 Å². The third-order valence-corrected chi connectivity index (χ3v) is 6.46. The number of amides is 1. The zero-order valence-corrected chi connectivity index (χ0v) is 20.7. The number of thiazole rings is 1. The van der Waals surface area contributed by atoms with E-state index < -0.39 is 12.0 Å². The van der Waals surface area contributed by atoms with Crippen LogP contribution >= 0.6 is 11.3 Å². The van der Waals surface area contributed by atoms with Crippen LogP contribution in [0.25, 0.3) is 11.3 Å². The molecule has 0 spiro atoms. The molecule has 0 unspecified atom stereocenters. The fourth-order valence-electron chi connectivity index (χ4n) is 3.72. The lowest BCUT2D eigenvalue weighted by Crippen LogP contribution is -2.43. The third kappa shape index (κ3) is 6.13. The summed E-state index contributed by atoms with van der Waals surface area (Å²) >= 11 is 1.56. The molecule has 7 heteroatoms. The Bertz CT molecular complexity index is 1320. The van der Waals surface area contributed by atoms with Crippen molar-refractivity contribution in [2.24, 2.45) is 0 Å². The summed E-state index contributed by atoms with van der Waals surface area (Å²) in [7, 11) is 1.32. The number of anilines is 2. The van der Waals surface area contributed by atoms with Crippen LogP contribution in [-0.2, 0) is 16.0 Å². The summed E-state index contributed by atoms with van der Waals surface area (Å²) in [6.07, 6.45) is 0.345. The quantitative estimate of drug-likeness (QED) is 0.314. The Morgan fingerprint density at radius 3 is 2.43 bits per heavy atom. The Morgan fingerprint density at radius 2 is 1.71 bits per heavy atom. The van der Waals surface area contributed by atoms with E-state index in [0.29, 0.717) is 12.0 Å². The van der Waals surface area contributed by atoms with E-state index >= 15 is 0 Å². The summed E-state index contributed by atoms with van der Waals surface area (Å²) in [5.74, 6) is -0.839. The number of hydrogen-bond donors (Lipinski definition) is 2. The molecule has 0 saturated carbocycles. The molecule has 0 aliphatic carbocycles. The van der Waals surface area contributed by atoms with Crippen LogP contribution in [0.2, 0.25) is 0 Å². The summed E-state index contributed by atoms with van der Waals surface area (Å²) in [4.78, 5) is 31.1. The standard InChI is InChI=1S/C28H27N3O3S/c1-18-12-14-21(15-13-18)25-19(2)35-28(31-25)29-23-11-7-10-22(17-23)26(32)30-24(27(33)34-3)16-20-8-5-4-6-9-20/h4-15,17,24H,16H2,1-3H3,(H,29,31)(H,30,32)/t24-/m0/s1. The van der Waals surface area contributed by atoms with Crippen molar-refractivity contribution in [2.75, 3.05) is 12.4 Å². The van der Waals surface area contributed by atoms with Crippen molar-refractivity contribution in [2.45, 2.75) is 26.3 Å². The number of ether oxygens (including phenoxy) is 1. The minimum absolute atomic E-state index is 0.345. The largest absolute Gasteiger partial charge is 0.467 e. The first-order valence-electron chi connectivity index (χ1n) is 11.3. The van der Waals surface area contributed by atoms with Gasteiger partial charge < -0.3 is 15.4 Å². The van der Waals surface area contributed by atoms with Crippen molar-refractivity contribution in [1.82, 2.24) is 10.3 Å². The van der Waals surface area contributed by atoms with E-state index in [4.69, 9.17) is 9.72 Å². The smallest absolute Gasteiger partial charge is 0.328 e. The van der Waals surface area contributed by atoms with E-state index in [1.807, 2.05) is 43.3 Å². The second kappa shape index (κ2) is 11.0. The topological polar surface area (TPSA) is 80.3 Å². The Balaban J connectivity index is 1.48. The van der Waals surface area contributed by atoms with Crippen molar-refractivity contribution in [3.8, 4) is 11.3 Å². The molecule has 6 nitrogen and oxygen atoms in total. The molecule has 35 heavy (non-hydrogen) atoms. The molecule has 4 aromatic rings. The lowest BCUT2D eigenvalue weighted by Gasteiger charge is -2.17. The van der Waals surface area contributed by atoms with Gasteiger partial charge in [-0.3, -0.25) is 4.79 Å². The van der Waals surface area contributed by atoms with Crippen molar-refractivity contribution in [1.29, 1.82) is 0 Å². The summed E-state index contributed by atoms with van der Waals surface area (Å²) in [5, 5.41) is 6.86. The van der Waals surface area contributed by atoms with Gasteiger partial charge >= 0.3 is 5.97 Å². The molecule has 1 heterocycles. The lowest BCUT2D eigenvalue weighted by atomic mass is 10.1. The fourth-order valence-corrected chi connectivity index (χ4v) is 4.57. The Hall–Kier alpha value is -3.97. The zero-order valence-electron chi connectivity index (χ0n) is 19.9. The van der Waals surface area contributed by atoms with E-state index in [2.05, 4.69) is 41.8 Å². The van der Waals surface area contributed by atoms with E-state index in [-0.39, 0.29) is 5.91 Å². The molecule has 2 N–H and O–H groups in total. The summed E-state index contributed by atoms with van der Waals surface area (Å²) < 4.78 is 4.91. The molecular weight excluding hydrogens is 458 g/mol. The van der Waals surface area contributed by atoms with Crippen molar-refractivity contribution in [3.63, 3.8) is 0 Å². The van der Waals surface area contributed by atoms with Gasteiger partial charge in [0.1, 0.15) is 6.04 Å². The van der Waals surface area contributed by atoms with Crippen LogP contribution in [0.5, 0.6) is 0 Å². The second-order valence-corrected chi connectivity index (χ2v) is 9.44. The normalized spacial score (nSPS) is 11.5. The molecule has 0 bridgehead atoms. The maximum atomic E-state index is 13.0. The molecule has 0 aliphatic heterocycles. The highest BCUT2D eigenvalue weighted by Crippen LogP contribution is 2.32. The highest BCUT2D eigenvalue weighted by molar-refractivity contribution is 7.16. The average molecular weight is 486 g/mol. The second-order valence-electron chi connectivity index (χ2n) is 8.23. The zero-order chi connectivity index (χ0) is 24.8. The SMILES string of the molecule is COC(=O)[C@H](Cc1ccccc1)NC(=O)c1cccc(Nc2nc(-c3ccc(C)cc3)c(C)s2)c1. The van der Waals surface area contributed by atoms with Gasteiger partial charge in [-0.15, -0.1) is 11.3 Å². The predicted molar refractivity (Wildman–Crippen MR) is 140 cm³/mol. The molecule has 1 atom stereocenters. The van der Waals surface area contributed by atoms with Crippen LogP contribution in [0.4, 0.5) is 10.8 Å². The van der Waals surface area contributed by atoms with Crippen LogP contribution in [0.15, 0.2) is 78.9 Å². The first kappa shape index (κ1) is 24.2. The number of aryl methyl sites for hydroxylation is 2. The van der Waals surface area contributed by atoms with Crippen LogP contribution in [-0.4, -0.2) is 30.0 Å². The number of carbonyl (C=O) groups excluding carboxylic acids is 2. The van der Waals surface area contributed by atoms with Crippen molar-refractivity contribution < 1.29 is 14.3 Å². The highest BCUT2D eigenvalue weighted by atomic mass is 32.1. The number of nitrogens with one attached hydrogen (secondary N) is 2. The lowest BCUT2D eigenvalue weighted by molar-refractivity contribution is -0.142. The van der Waals surface area contributed by atoms with E-state index in [1.165, 1.54) is 12.7 Å². The molecule has 0 fully saturated rings. The number of aromatic nitrogens is 1. The third-order valence-electron chi connectivity index (χ3n) is 5.57. The van der Waals surface area contributed by atoms with E-state index in [9.17, 15) is 9.59 Å². The first-order valence-corrected chi connectivity index (χ1v) is 12.1. The molecule has 178 valence electrons. The number of methoxy groups -OCH3 is 1. The van der Waals surface area contributed by atoms with Gasteiger partial charge in [0, 0.05) is 28.1 Å². The fraction of sp³-hybridized carbons (Fsp3) is 0.179. The maximum Gasteiger partial charge on any atom is 0.328 e. The summed E-state index contributed by atoms with van der Waals surface area (Å²) in [5.41, 5.74) is 5.31. The van der Waals surface area contributed by atoms with Gasteiger partial charge in [-0.05, 0) is 37.6 Å². The number of rotatable bonds is 8. The average Bonchev–Trinajstić information content (AvgIpc) is 3.24. The van der Waals surface area contributed by atoms with Crippen molar-refractivity contribution >= 4 is 34.0 Å². The van der Waals surface area contributed by atoms with Gasteiger partial charge in [0.2, 0.25) is 0 Å². The molecule has 0 radical (unpaired) electrons. The van der Waals surface area contributed by atoms with Crippen LogP contribution < -0.4 is 10.6 Å². The number of carbonyl (C=O) groups is 2. The number of hydrogen-bond acceptors (Lipinski definition) is 6. The molecule has 1 amide bonds. The molecule has 0 saturated heterocycles.